The van der Waals surface area contributed by atoms with Crippen LogP contribution in [-0.2, 0) is 11.5 Å². The van der Waals surface area contributed by atoms with Crippen molar-refractivity contribution in [2.75, 3.05) is 30.1 Å². The van der Waals surface area contributed by atoms with E-state index in [9.17, 15) is 4.79 Å². The molecule has 176 valence electrons. The summed E-state index contributed by atoms with van der Waals surface area (Å²) in [5.41, 5.74) is 2.73. The molecule has 0 radical (unpaired) electrons. The van der Waals surface area contributed by atoms with Gasteiger partial charge in [-0.25, -0.2) is 4.98 Å². The molecule has 2 aromatic heterocycles. The molecule has 3 heterocycles. The Morgan fingerprint density at radius 2 is 1.97 bits per heavy atom. The van der Waals surface area contributed by atoms with E-state index in [4.69, 9.17) is 9.72 Å². The summed E-state index contributed by atoms with van der Waals surface area (Å²) in [4.78, 5) is 22.3. The summed E-state index contributed by atoms with van der Waals surface area (Å²) >= 11 is 3.67. The van der Waals surface area contributed by atoms with Crippen molar-refractivity contribution in [3.63, 3.8) is 0 Å². The van der Waals surface area contributed by atoms with E-state index >= 15 is 0 Å². The molecular weight excluding hydrogens is 484 g/mol. The van der Waals surface area contributed by atoms with E-state index in [-0.39, 0.29) is 5.91 Å². The Labute approximate surface area is 201 Å². The molecule has 0 unspecified atom stereocenters. The van der Waals surface area contributed by atoms with Gasteiger partial charge in [0.2, 0.25) is 0 Å². The van der Waals surface area contributed by atoms with E-state index in [1.165, 1.54) is 25.7 Å². The first-order valence-corrected chi connectivity index (χ1v) is 16.8. The number of aromatic nitrogens is 2. The predicted molar refractivity (Wildman–Crippen MR) is 137 cm³/mol. The Kier molecular flexibility index (Phi) is 7.32. The average Bonchev–Trinajstić information content (AvgIpc) is 3.20. The second kappa shape index (κ2) is 9.85. The van der Waals surface area contributed by atoms with Crippen molar-refractivity contribution in [1.82, 2.24) is 14.5 Å². The number of rotatable bonds is 8. The summed E-state index contributed by atoms with van der Waals surface area (Å²) < 4.78 is 8.07. The van der Waals surface area contributed by atoms with Gasteiger partial charge in [0.25, 0.3) is 5.91 Å². The number of ether oxygens (including phenoxy) is 1. The van der Waals surface area contributed by atoms with Crippen LogP contribution in [0.5, 0.6) is 0 Å². The Hall–Kier alpha value is -1.38. The topological polar surface area (TPSA) is 50.6 Å². The summed E-state index contributed by atoms with van der Waals surface area (Å²) in [6, 6.07) is 3.74. The van der Waals surface area contributed by atoms with Crippen LogP contribution in [-0.4, -0.2) is 59.6 Å². The van der Waals surface area contributed by atoms with E-state index in [1.807, 2.05) is 4.90 Å². The van der Waals surface area contributed by atoms with Crippen LogP contribution in [0, 0.1) is 5.92 Å². The lowest BCUT2D eigenvalue weighted by molar-refractivity contribution is 0.0741. The molecule has 4 rings (SSSR count). The minimum absolute atomic E-state index is 0.0985. The third-order valence-electron chi connectivity index (χ3n) is 6.97. The number of carbonyl (C=O) groups is 1. The van der Waals surface area contributed by atoms with Crippen molar-refractivity contribution in [3.8, 4) is 0 Å². The van der Waals surface area contributed by atoms with Crippen molar-refractivity contribution < 1.29 is 9.53 Å². The zero-order valence-electron chi connectivity index (χ0n) is 19.9. The number of hydrogen-bond donors (Lipinski definition) is 0. The maximum absolute atomic E-state index is 13.2. The van der Waals surface area contributed by atoms with E-state index in [2.05, 4.69) is 64.2 Å². The number of fused-ring (bicyclic) bond motifs is 3. The molecule has 1 saturated carbocycles. The second-order valence-electron chi connectivity index (χ2n) is 10.5. The fraction of sp³-hybridized carbons (Fsp3) is 0.667. The highest BCUT2D eigenvalue weighted by atomic mass is 79.9. The van der Waals surface area contributed by atoms with Gasteiger partial charge in [0, 0.05) is 50.4 Å². The second-order valence-corrected chi connectivity index (χ2v) is 16.8. The number of pyridine rings is 1. The highest BCUT2D eigenvalue weighted by Gasteiger charge is 2.36. The van der Waals surface area contributed by atoms with Crippen LogP contribution in [0.15, 0.2) is 18.5 Å². The van der Waals surface area contributed by atoms with Gasteiger partial charge in [0.1, 0.15) is 12.4 Å². The fourth-order valence-electron chi connectivity index (χ4n) is 4.88. The number of hydrogen-bond acceptors (Lipinski definition) is 4. The number of nitrogens with zero attached hydrogens (tertiary/aromatic N) is 4. The summed E-state index contributed by atoms with van der Waals surface area (Å²) in [6.45, 7) is 11.8. The van der Waals surface area contributed by atoms with Gasteiger partial charge in [-0.15, -0.1) is 0 Å². The maximum Gasteiger partial charge on any atom is 0.258 e. The van der Waals surface area contributed by atoms with Gasteiger partial charge in [0.05, 0.1) is 17.9 Å². The molecule has 0 atom stereocenters. The van der Waals surface area contributed by atoms with Crippen LogP contribution in [0.2, 0.25) is 25.7 Å². The highest BCUT2D eigenvalue weighted by molar-refractivity contribution is 9.09. The minimum Gasteiger partial charge on any atom is -0.361 e. The molecule has 6 nitrogen and oxygen atoms in total. The quantitative estimate of drug-likeness (QED) is 0.260. The number of halogens is 1. The molecule has 2 aliphatic rings. The zero-order chi connectivity index (χ0) is 22.9. The standard InChI is InChI=1S/C24H37BrN4O2Si/c1-5-27-16-29(19-8-6-18(14-25)7-9-19)22-20-10-11-28(17-31-12-13-32(2,3)4)23(20)26-15-21(22)24(27)30/h10-11,15,18-19H,5-9,12-14,16-17H2,1-4H3/t18-,19-. The van der Waals surface area contributed by atoms with Gasteiger partial charge in [-0.3, -0.25) is 4.79 Å². The van der Waals surface area contributed by atoms with E-state index in [1.54, 1.807) is 6.20 Å². The largest absolute Gasteiger partial charge is 0.361 e. The molecule has 0 aromatic carbocycles. The van der Waals surface area contributed by atoms with Crippen LogP contribution >= 0.6 is 15.9 Å². The van der Waals surface area contributed by atoms with Crippen molar-refractivity contribution in [3.05, 3.63) is 24.0 Å². The number of carbonyl (C=O) groups excluding carboxylic acids is 1. The van der Waals surface area contributed by atoms with Crippen LogP contribution in [0.3, 0.4) is 0 Å². The van der Waals surface area contributed by atoms with Crippen LogP contribution in [0.1, 0.15) is 43.0 Å². The minimum atomic E-state index is -1.11. The van der Waals surface area contributed by atoms with Crippen LogP contribution in [0.4, 0.5) is 5.69 Å². The molecule has 0 spiro atoms. The van der Waals surface area contributed by atoms with Gasteiger partial charge in [-0.1, -0.05) is 35.6 Å². The molecule has 8 heteroatoms. The first-order chi connectivity index (χ1) is 15.3. The van der Waals surface area contributed by atoms with E-state index in [0.717, 1.165) is 52.7 Å². The molecule has 2 aromatic rings. The van der Waals surface area contributed by atoms with Gasteiger partial charge in [-0.05, 0) is 50.6 Å². The summed E-state index contributed by atoms with van der Waals surface area (Å²) in [5, 5.41) is 2.16. The zero-order valence-corrected chi connectivity index (χ0v) is 22.5. The predicted octanol–water partition coefficient (Wildman–Crippen LogP) is 5.54. The fourth-order valence-corrected chi connectivity index (χ4v) is 6.28. The maximum atomic E-state index is 13.2. The van der Waals surface area contributed by atoms with Crippen molar-refractivity contribution in [2.45, 2.75) is 71.1 Å². The Bertz CT molecular complexity index is 949. The lowest BCUT2D eigenvalue weighted by Crippen LogP contribution is -2.51. The van der Waals surface area contributed by atoms with Gasteiger partial charge in [-0.2, -0.15) is 0 Å². The average molecular weight is 522 g/mol. The van der Waals surface area contributed by atoms with Crippen LogP contribution in [0.25, 0.3) is 11.0 Å². The SMILES string of the molecule is CCN1CN([C@H]2CC[C@H](CBr)CC2)c2c(cnc3c2ccn3COCC[Si](C)(C)C)C1=O. The molecular formula is C24H37BrN4O2Si. The summed E-state index contributed by atoms with van der Waals surface area (Å²) in [6.07, 6.45) is 8.67. The monoisotopic (exact) mass is 520 g/mol. The number of alkyl halides is 1. The molecule has 0 N–H and O–H groups in total. The van der Waals surface area contributed by atoms with Gasteiger partial charge >= 0.3 is 0 Å². The molecule has 32 heavy (non-hydrogen) atoms. The Balaban J connectivity index is 1.62. The summed E-state index contributed by atoms with van der Waals surface area (Å²) in [5.74, 6) is 0.868. The third-order valence-corrected chi connectivity index (χ3v) is 9.59. The Morgan fingerprint density at radius 3 is 2.62 bits per heavy atom. The van der Waals surface area contributed by atoms with Crippen LogP contribution < -0.4 is 4.90 Å². The Morgan fingerprint density at radius 1 is 1.22 bits per heavy atom. The molecule has 1 amide bonds. The smallest absolute Gasteiger partial charge is 0.258 e. The first-order valence-electron chi connectivity index (χ1n) is 12.0. The van der Waals surface area contributed by atoms with E-state index < -0.39 is 8.07 Å². The van der Waals surface area contributed by atoms with Crippen molar-refractivity contribution in [2.24, 2.45) is 5.92 Å². The van der Waals surface area contributed by atoms with Crippen molar-refractivity contribution >= 4 is 46.6 Å². The van der Waals surface area contributed by atoms with E-state index in [0.29, 0.717) is 19.4 Å². The number of anilines is 1. The molecule has 1 aliphatic heterocycles. The summed E-state index contributed by atoms with van der Waals surface area (Å²) in [7, 11) is -1.11. The van der Waals surface area contributed by atoms with Gasteiger partial charge < -0.3 is 19.1 Å². The lowest BCUT2D eigenvalue weighted by atomic mass is 9.86. The highest BCUT2D eigenvalue weighted by Crippen LogP contribution is 2.39. The van der Waals surface area contributed by atoms with Gasteiger partial charge in [0.15, 0.2) is 0 Å². The third kappa shape index (κ3) is 4.92. The lowest BCUT2D eigenvalue weighted by Gasteiger charge is -2.44. The molecule has 1 fully saturated rings. The molecule has 0 bridgehead atoms. The number of amides is 1. The van der Waals surface area contributed by atoms with Crippen molar-refractivity contribution in [1.29, 1.82) is 0 Å². The normalized spacial score (nSPS) is 22.0. The molecule has 0 saturated heterocycles. The first kappa shape index (κ1) is 23.8. The molecule has 1 aliphatic carbocycles.